The van der Waals surface area contributed by atoms with E-state index in [-0.39, 0.29) is 5.35 Å². The van der Waals surface area contributed by atoms with E-state index in [1.807, 2.05) is 0 Å². The van der Waals surface area contributed by atoms with Crippen molar-refractivity contribution in [3.63, 3.8) is 0 Å². The molecule has 3 nitrogen and oxygen atoms in total. The van der Waals surface area contributed by atoms with Crippen molar-refractivity contribution < 1.29 is 4.52 Å². The van der Waals surface area contributed by atoms with E-state index in [4.69, 9.17) is 16.1 Å². The molecule has 0 radical (unpaired) electrons. The van der Waals surface area contributed by atoms with Crippen molar-refractivity contribution in [1.82, 2.24) is 10.1 Å². The molecule has 0 amide bonds. The Balaban J connectivity index is 1.88. The minimum atomic E-state index is 0.133. The van der Waals surface area contributed by atoms with Gasteiger partial charge >= 0.3 is 5.35 Å². The summed E-state index contributed by atoms with van der Waals surface area (Å²) in [4.78, 5) is 4.09. The Morgan fingerprint density at radius 1 is 1.25 bits per heavy atom. The summed E-state index contributed by atoms with van der Waals surface area (Å²) in [6.45, 7) is 0. The first-order chi connectivity index (χ1) is 7.83. The molecule has 1 atom stereocenters. The van der Waals surface area contributed by atoms with Gasteiger partial charge in [0.25, 0.3) is 0 Å². The van der Waals surface area contributed by atoms with Crippen LogP contribution in [0, 0.1) is 0 Å². The number of nitrogens with zero attached hydrogens (tertiary/aromatic N) is 2. The van der Waals surface area contributed by atoms with E-state index in [0.29, 0.717) is 5.92 Å². The highest BCUT2D eigenvalue weighted by atomic mass is 35.5. The van der Waals surface area contributed by atoms with Crippen LogP contribution in [0.2, 0.25) is 5.35 Å². The summed E-state index contributed by atoms with van der Waals surface area (Å²) in [5.74, 6) is 1.07. The van der Waals surface area contributed by atoms with Gasteiger partial charge in [0.1, 0.15) is 0 Å². The quantitative estimate of drug-likeness (QED) is 0.762. The first-order valence-corrected chi connectivity index (χ1v) is 5.76. The molecule has 2 aromatic rings. The monoisotopic (exact) mass is 234 g/mol. The van der Waals surface area contributed by atoms with Crippen LogP contribution in [0.1, 0.15) is 29.3 Å². The van der Waals surface area contributed by atoms with E-state index in [0.717, 1.165) is 25.1 Å². The zero-order valence-electron chi connectivity index (χ0n) is 8.69. The van der Waals surface area contributed by atoms with Crippen LogP contribution in [-0.4, -0.2) is 10.1 Å². The highest BCUT2D eigenvalue weighted by Crippen LogP contribution is 2.31. The molecule has 1 unspecified atom stereocenters. The van der Waals surface area contributed by atoms with Crippen LogP contribution in [0.3, 0.4) is 0 Å². The molecule has 82 valence electrons. The third kappa shape index (κ3) is 1.71. The van der Waals surface area contributed by atoms with Gasteiger partial charge in [-0.1, -0.05) is 29.4 Å². The molecular formula is C12H11ClN2O. The topological polar surface area (TPSA) is 38.9 Å². The number of aryl methyl sites for hydroxylation is 1. The van der Waals surface area contributed by atoms with Gasteiger partial charge in [-0.05, 0) is 42.0 Å². The standard InChI is InChI=1S/C12H11ClN2O/c13-12-14-11(15-16-12)10-6-5-8-3-1-2-4-9(8)7-10/h1-4,10H,5-7H2. The lowest BCUT2D eigenvalue weighted by molar-refractivity contribution is 0.401. The van der Waals surface area contributed by atoms with Gasteiger partial charge in [0, 0.05) is 5.92 Å². The van der Waals surface area contributed by atoms with E-state index < -0.39 is 0 Å². The van der Waals surface area contributed by atoms with E-state index in [2.05, 4.69) is 34.4 Å². The van der Waals surface area contributed by atoms with E-state index in [1.54, 1.807) is 0 Å². The zero-order chi connectivity index (χ0) is 11.0. The lowest BCUT2D eigenvalue weighted by atomic mass is 9.83. The maximum atomic E-state index is 5.64. The van der Waals surface area contributed by atoms with Crippen LogP contribution < -0.4 is 0 Å². The minimum absolute atomic E-state index is 0.133. The van der Waals surface area contributed by atoms with Crippen molar-refractivity contribution in [2.24, 2.45) is 0 Å². The van der Waals surface area contributed by atoms with Crippen LogP contribution in [0.15, 0.2) is 28.8 Å². The third-order valence-corrected chi connectivity index (χ3v) is 3.28. The van der Waals surface area contributed by atoms with Gasteiger partial charge < -0.3 is 4.52 Å². The third-order valence-electron chi connectivity index (χ3n) is 3.13. The molecule has 0 bridgehead atoms. The average molecular weight is 235 g/mol. The largest absolute Gasteiger partial charge is 0.321 e. The maximum absolute atomic E-state index is 5.64. The van der Waals surface area contributed by atoms with Crippen LogP contribution >= 0.6 is 11.6 Å². The molecule has 0 spiro atoms. The second kappa shape index (κ2) is 3.91. The number of halogens is 1. The summed E-state index contributed by atoms with van der Waals surface area (Å²) in [6, 6.07) is 8.52. The molecule has 0 saturated heterocycles. The molecule has 0 saturated carbocycles. The minimum Gasteiger partial charge on any atom is -0.321 e. The Hall–Kier alpha value is -1.35. The van der Waals surface area contributed by atoms with Crippen molar-refractivity contribution >= 4 is 11.6 Å². The van der Waals surface area contributed by atoms with Crippen LogP contribution in [0.5, 0.6) is 0 Å². The van der Waals surface area contributed by atoms with Gasteiger partial charge in [0.05, 0.1) is 0 Å². The number of aromatic nitrogens is 2. The first kappa shape index (κ1) is 9.85. The van der Waals surface area contributed by atoms with Crippen molar-refractivity contribution in [2.75, 3.05) is 0 Å². The van der Waals surface area contributed by atoms with E-state index in [1.165, 1.54) is 11.1 Å². The molecule has 4 heteroatoms. The van der Waals surface area contributed by atoms with Gasteiger partial charge in [-0.25, -0.2) is 0 Å². The summed E-state index contributed by atoms with van der Waals surface area (Å²) in [7, 11) is 0. The summed E-state index contributed by atoms with van der Waals surface area (Å²) in [5.41, 5.74) is 2.83. The Morgan fingerprint density at radius 2 is 2.06 bits per heavy atom. The van der Waals surface area contributed by atoms with Gasteiger partial charge in [-0.15, -0.1) is 0 Å². The zero-order valence-corrected chi connectivity index (χ0v) is 9.44. The molecule has 0 fully saturated rings. The van der Waals surface area contributed by atoms with Crippen molar-refractivity contribution in [3.05, 3.63) is 46.6 Å². The van der Waals surface area contributed by atoms with Crippen LogP contribution in [-0.2, 0) is 12.8 Å². The van der Waals surface area contributed by atoms with Gasteiger partial charge in [0.2, 0.25) is 0 Å². The molecule has 0 aliphatic heterocycles. The Kier molecular flexibility index (Phi) is 2.40. The Labute approximate surface area is 98.4 Å². The SMILES string of the molecule is Clc1nc(C2CCc3ccccc3C2)no1. The molecule has 1 heterocycles. The number of rotatable bonds is 1. The van der Waals surface area contributed by atoms with Crippen molar-refractivity contribution in [3.8, 4) is 0 Å². The molecule has 1 aromatic heterocycles. The second-order valence-corrected chi connectivity index (χ2v) is 4.44. The highest BCUT2D eigenvalue weighted by molar-refractivity contribution is 6.27. The molecular weight excluding hydrogens is 224 g/mol. The fraction of sp³-hybridized carbons (Fsp3) is 0.333. The summed E-state index contributed by atoms with van der Waals surface area (Å²) >= 11 is 5.64. The smallest absolute Gasteiger partial charge is 0.320 e. The first-order valence-electron chi connectivity index (χ1n) is 5.39. The maximum Gasteiger partial charge on any atom is 0.320 e. The molecule has 1 aliphatic carbocycles. The van der Waals surface area contributed by atoms with Gasteiger partial charge in [-0.2, -0.15) is 4.98 Å². The van der Waals surface area contributed by atoms with Crippen LogP contribution in [0.4, 0.5) is 0 Å². The lowest BCUT2D eigenvalue weighted by Crippen LogP contribution is -2.13. The number of hydrogen-bond acceptors (Lipinski definition) is 3. The molecule has 3 rings (SSSR count). The van der Waals surface area contributed by atoms with Gasteiger partial charge in [0.15, 0.2) is 5.82 Å². The van der Waals surface area contributed by atoms with E-state index >= 15 is 0 Å². The number of fused-ring (bicyclic) bond motifs is 1. The molecule has 1 aliphatic rings. The molecule has 0 N–H and O–H groups in total. The predicted molar refractivity (Wildman–Crippen MR) is 60.5 cm³/mol. The van der Waals surface area contributed by atoms with Gasteiger partial charge in [-0.3, -0.25) is 0 Å². The summed E-state index contributed by atoms with van der Waals surface area (Å²) in [5, 5.41) is 4.03. The predicted octanol–water partition coefficient (Wildman–Crippen LogP) is 3.00. The normalized spacial score (nSPS) is 19.4. The average Bonchev–Trinajstić information content (AvgIpc) is 2.75. The van der Waals surface area contributed by atoms with Crippen molar-refractivity contribution in [2.45, 2.75) is 25.2 Å². The Morgan fingerprint density at radius 3 is 2.81 bits per heavy atom. The molecule has 16 heavy (non-hydrogen) atoms. The summed E-state index contributed by atoms with van der Waals surface area (Å²) < 4.78 is 4.81. The van der Waals surface area contributed by atoms with Crippen LogP contribution in [0.25, 0.3) is 0 Å². The van der Waals surface area contributed by atoms with Crippen molar-refractivity contribution in [1.29, 1.82) is 0 Å². The fourth-order valence-electron chi connectivity index (χ4n) is 2.30. The van der Waals surface area contributed by atoms with E-state index in [9.17, 15) is 0 Å². The molecule has 1 aromatic carbocycles. The fourth-order valence-corrected chi connectivity index (χ4v) is 2.42. The Bertz CT molecular complexity index is 509. The second-order valence-electron chi connectivity index (χ2n) is 4.11. The number of hydrogen-bond donors (Lipinski definition) is 0. The number of benzene rings is 1. The lowest BCUT2D eigenvalue weighted by Gasteiger charge is -2.21. The highest BCUT2D eigenvalue weighted by Gasteiger charge is 2.23. The summed E-state index contributed by atoms with van der Waals surface area (Å²) in [6.07, 6.45) is 3.12.